The number of ether oxygens (including phenoxy) is 1. The van der Waals surface area contributed by atoms with Crippen LogP contribution in [-0.2, 0) is 12.8 Å². The lowest BCUT2D eigenvalue weighted by Gasteiger charge is -2.18. The second-order valence-electron chi connectivity index (χ2n) is 6.20. The molecule has 3 N–H and O–H groups in total. The number of benzene rings is 2. The van der Waals surface area contributed by atoms with Crippen LogP contribution in [0.4, 0.5) is 0 Å². The predicted octanol–water partition coefficient (Wildman–Crippen LogP) is 3.43. The van der Waals surface area contributed by atoms with E-state index in [1.807, 2.05) is 12.1 Å². The van der Waals surface area contributed by atoms with Crippen molar-refractivity contribution in [2.24, 2.45) is 4.99 Å². The number of guanidine groups is 1. The molecule has 0 saturated carbocycles. The normalized spacial score (nSPS) is 12.5. The Balaban J connectivity index is 1.87. The molecular formula is C21H29N3O2. The summed E-state index contributed by atoms with van der Waals surface area (Å²) in [5.74, 6) is 1.64. The zero-order valence-corrected chi connectivity index (χ0v) is 16.0. The van der Waals surface area contributed by atoms with Crippen LogP contribution in [-0.4, -0.2) is 31.8 Å². The molecule has 0 aliphatic carbocycles. The van der Waals surface area contributed by atoms with Crippen molar-refractivity contribution in [3.8, 4) is 11.5 Å². The Morgan fingerprint density at radius 3 is 2.50 bits per heavy atom. The molecule has 0 aliphatic rings. The highest BCUT2D eigenvalue weighted by atomic mass is 16.5. The fraction of sp³-hybridized carbons (Fsp3) is 0.381. The maximum Gasteiger partial charge on any atom is 0.191 e. The average molecular weight is 355 g/mol. The molecule has 2 aromatic rings. The van der Waals surface area contributed by atoms with Gasteiger partial charge in [-0.25, -0.2) is 0 Å². The molecule has 0 bridgehead atoms. The Bertz CT molecular complexity index is 727. The summed E-state index contributed by atoms with van der Waals surface area (Å²) in [6.45, 7) is 4.94. The van der Waals surface area contributed by atoms with Crippen LogP contribution >= 0.6 is 0 Å². The molecule has 0 heterocycles. The van der Waals surface area contributed by atoms with E-state index < -0.39 is 0 Å². The van der Waals surface area contributed by atoms with Gasteiger partial charge in [0.05, 0.1) is 13.2 Å². The molecule has 26 heavy (non-hydrogen) atoms. The maximum absolute atomic E-state index is 10.0. The first-order valence-electron chi connectivity index (χ1n) is 8.99. The monoisotopic (exact) mass is 355 g/mol. The van der Waals surface area contributed by atoms with Crippen LogP contribution in [0.5, 0.6) is 11.5 Å². The van der Waals surface area contributed by atoms with Crippen LogP contribution < -0.4 is 15.4 Å². The Labute approximate surface area is 156 Å². The van der Waals surface area contributed by atoms with Crippen molar-refractivity contribution in [3.63, 3.8) is 0 Å². The number of hydrogen-bond acceptors (Lipinski definition) is 3. The fourth-order valence-electron chi connectivity index (χ4n) is 2.72. The largest absolute Gasteiger partial charge is 0.508 e. The summed E-state index contributed by atoms with van der Waals surface area (Å²) in [4.78, 5) is 4.28. The zero-order chi connectivity index (χ0) is 18.9. The van der Waals surface area contributed by atoms with Crippen LogP contribution in [0.1, 0.15) is 36.6 Å². The highest BCUT2D eigenvalue weighted by molar-refractivity contribution is 5.80. The molecule has 1 unspecified atom stereocenters. The van der Waals surface area contributed by atoms with Crippen molar-refractivity contribution >= 4 is 5.96 Å². The van der Waals surface area contributed by atoms with Gasteiger partial charge < -0.3 is 20.5 Å². The highest BCUT2D eigenvalue weighted by Gasteiger charge is 2.08. The molecule has 0 aromatic heterocycles. The SMILES string of the molecule is CCc1ccc(C(C)NC(=NC)NCCc2ccc(OC)cc2O)cc1. The van der Waals surface area contributed by atoms with Crippen molar-refractivity contribution in [2.75, 3.05) is 20.7 Å². The van der Waals surface area contributed by atoms with Crippen molar-refractivity contribution in [1.82, 2.24) is 10.6 Å². The second kappa shape index (κ2) is 9.70. The standard InChI is InChI=1S/C21H29N3O2/c1-5-16-6-8-17(9-7-16)15(2)24-21(22-3)23-13-12-18-10-11-19(26-4)14-20(18)25/h6-11,14-15,25H,5,12-13H2,1-4H3,(H2,22,23,24). The van der Waals surface area contributed by atoms with E-state index in [0.717, 1.165) is 17.9 Å². The van der Waals surface area contributed by atoms with Crippen molar-refractivity contribution < 1.29 is 9.84 Å². The van der Waals surface area contributed by atoms with E-state index in [4.69, 9.17) is 4.74 Å². The molecule has 5 heteroatoms. The summed E-state index contributed by atoms with van der Waals surface area (Å²) < 4.78 is 5.11. The molecule has 5 nitrogen and oxygen atoms in total. The first kappa shape index (κ1) is 19.6. The van der Waals surface area contributed by atoms with E-state index in [2.05, 4.69) is 53.7 Å². The number of phenols is 1. The van der Waals surface area contributed by atoms with E-state index in [0.29, 0.717) is 18.7 Å². The number of nitrogens with zero attached hydrogens (tertiary/aromatic N) is 1. The third-order valence-electron chi connectivity index (χ3n) is 4.44. The summed E-state index contributed by atoms with van der Waals surface area (Å²) in [6, 6.07) is 14.1. The first-order valence-corrected chi connectivity index (χ1v) is 8.99. The van der Waals surface area contributed by atoms with Gasteiger partial charge in [0.15, 0.2) is 5.96 Å². The number of rotatable bonds is 7. The van der Waals surface area contributed by atoms with E-state index in [9.17, 15) is 5.11 Å². The quantitative estimate of drug-likeness (QED) is 0.526. The van der Waals surface area contributed by atoms with Crippen molar-refractivity contribution in [2.45, 2.75) is 32.7 Å². The van der Waals surface area contributed by atoms with Crippen molar-refractivity contribution in [1.29, 1.82) is 0 Å². The van der Waals surface area contributed by atoms with Gasteiger partial charge in [0.25, 0.3) is 0 Å². The Kier molecular flexibility index (Phi) is 7.33. The third-order valence-corrected chi connectivity index (χ3v) is 4.44. The second-order valence-corrected chi connectivity index (χ2v) is 6.20. The summed E-state index contributed by atoms with van der Waals surface area (Å²) in [5.41, 5.74) is 3.43. The van der Waals surface area contributed by atoms with Crippen LogP contribution in [0, 0.1) is 0 Å². The molecule has 0 spiro atoms. The number of methoxy groups -OCH3 is 1. The molecule has 140 valence electrons. The van der Waals surface area contributed by atoms with Crippen LogP contribution in [0.2, 0.25) is 0 Å². The van der Waals surface area contributed by atoms with E-state index in [-0.39, 0.29) is 11.8 Å². The highest BCUT2D eigenvalue weighted by Crippen LogP contribution is 2.23. The van der Waals surface area contributed by atoms with Gasteiger partial charge in [0, 0.05) is 19.7 Å². The summed E-state index contributed by atoms with van der Waals surface area (Å²) in [6.07, 6.45) is 1.74. The summed E-state index contributed by atoms with van der Waals surface area (Å²) in [7, 11) is 3.34. The zero-order valence-electron chi connectivity index (χ0n) is 16.0. The van der Waals surface area contributed by atoms with Crippen LogP contribution in [0.3, 0.4) is 0 Å². The number of hydrogen-bond donors (Lipinski definition) is 3. The van der Waals surface area contributed by atoms with Gasteiger partial charge in [-0.3, -0.25) is 4.99 Å². The molecule has 2 rings (SSSR count). The molecule has 0 radical (unpaired) electrons. The van der Waals surface area contributed by atoms with Crippen molar-refractivity contribution in [3.05, 3.63) is 59.2 Å². The number of aryl methyl sites for hydroxylation is 1. The number of aromatic hydroxyl groups is 1. The van der Waals surface area contributed by atoms with E-state index in [1.165, 1.54) is 11.1 Å². The minimum Gasteiger partial charge on any atom is -0.508 e. The van der Waals surface area contributed by atoms with Crippen LogP contribution in [0.15, 0.2) is 47.5 Å². The van der Waals surface area contributed by atoms with E-state index in [1.54, 1.807) is 20.2 Å². The van der Waals surface area contributed by atoms with Gasteiger partial charge in [0.1, 0.15) is 11.5 Å². The van der Waals surface area contributed by atoms with Crippen LogP contribution in [0.25, 0.3) is 0 Å². The minimum absolute atomic E-state index is 0.154. The average Bonchev–Trinajstić information content (AvgIpc) is 2.68. The first-order chi connectivity index (χ1) is 12.6. The predicted molar refractivity (Wildman–Crippen MR) is 107 cm³/mol. The molecular weight excluding hydrogens is 326 g/mol. The lowest BCUT2D eigenvalue weighted by molar-refractivity contribution is 0.406. The third kappa shape index (κ3) is 5.41. The van der Waals surface area contributed by atoms with Gasteiger partial charge >= 0.3 is 0 Å². The lowest BCUT2D eigenvalue weighted by Crippen LogP contribution is -2.39. The molecule has 0 fully saturated rings. The number of aliphatic imine (C=N–C) groups is 1. The Morgan fingerprint density at radius 1 is 1.19 bits per heavy atom. The maximum atomic E-state index is 10.0. The van der Waals surface area contributed by atoms with Gasteiger partial charge in [-0.2, -0.15) is 0 Å². The Morgan fingerprint density at radius 2 is 1.92 bits per heavy atom. The molecule has 0 amide bonds. The molecule has 2 aromatic carbocycles. The van der Waals surface area contributed by atoms with Gasteiger partial charge in [-0.15, -0.1) is 0 Å². The number of phenolic OH excluding ortho intramolecular Hbond substituents is 1. The Hall–Kier alpha value is -2.69. The van der Waals surface area contributed by atoms with Gasteiger partial charge in [-0.1, -0.05) is 37.3 Å². The van der Waals surface area contributed by atoms with Gasteiger partial charge in [-0.05, 0) is 42.5 Å². The fourth-order valence-corrected chi connectivity index (χ4v) is 2.72. The summed E-state index contributed by atoms with van der Waals surface area (Å²) in [5, 5.41) is 16.7. The summed E-state index contributed by atoms with van der Waals surface area (Å²) >= 11 is 0. The molecule has 0 saturated heterocycles. The molecule has 0 aliphatic heterocycles. The lowest BCUT2D eigenvalue weighted by atomic mass is 10.1. The number of nitrogens with one attached hydrogen (secondary N) is 2. The van der Waals surface area contributed by atoms with E-state index >= 15 is 0 Å². The van der Waals surface area contributed by atoms with Gasteiger partial charge in [0.2, 0.25) is 0 Å². The topological polar surface area (TPSA) is 65.9 Å². The molecule has 1 atom stereocenters. The minimum atomic E-state index is 0.154. The smallest absolute Gasteiger partial charge is 0.191 e.